The summed E-state index contributed by atoms with van der Waals surface area (Å²) in [6.45, 7) is 4.93. The van der Waals surface area contributed by atoms with Crippen molar-refractivity contribution in [2.24, 2.45) is 11.5 Å². The van der Waals surface area contributed by atoms with Gasteiger partial charge in [0, 0.05) is 6.04 Å². The van der Waals surface area contributed by atoms with Crippen LogP contribution >= 0.6 is 12.4 Å². The summed E-state index contributed by atoms with van der Waals surface area (Å²) in [7, 11) is 0. The number of hydrogen-bond acceptors (Lipinski definition) is 2. The first kappa shape index (κ1) is 14.4. The van der Waals surface area contributed by atoms with Crippen molar-refractivity contribution in [1.29, 1.82) is 0 Å². The third kappa shape index (κ3) is 4.65. The SMILES string of the molecule is Cc1cc(C)cc([C@@H](N)CCCN)c1.Cl. The number of benzene rings is 1. The zero-order valence-electron chi connectivity index (χ0n) is 9.49. The maximum Gasteiger partial charge on any atom is 0.0295 e. The third-order valence-electron chi connectivity index (χ3n) is 2.39. The highest BCUT2D eigenvalue weighted by Crippen LogP contribution is 2.18. The Labute approximate surface area is 98.5 Å². The summed E-state index contributed by atoms with van der Waals surface area (Å²) < 4.78 is 0. The van der Waals surface area contributed by atoms with Gasteiger partial charge >= 0.3 is 0 Å². The van der Waals surface area contributed by atoms with Crippen LogP contribution in [0.2, 0.25) is 0 Å². The first-order valence-electron chi connectivity index (χ1n) is 5.17. The summed E-state index contributed by atoms with van der Waals surface area (Å²) in [5, 5.41) is 0. The van der Waals surface area contributed by atoms with Crippen LogP contribution in [0.5, 0.6) is 0 Å². The molecule has 4 N–H and O–H groups in total. The highest BCUT2D eigenvalue weighted by molar-refractivity contribution is 5.85. The zero-order valence-corrected chi connectivity index (χ0v) is 10.3. The zero-order chi connectivity index (χ0) is 10.6. The molecule has 1 aromatic rings. The van der Waals surface area contributed by atoms with Crippen LogP contribution in [0.1, 0.15) is 35.6 Å². The molecule has 0 heterocycles. The Balaban J connectivity index is 0.00000196. The second kappa shape index (κ2) is 6.83. The van der Waals surface area contributed by atoms with Crippen LogP contribution in [0.4, 0.5) is 0 Å². The van der Waals surface area contributed by atoms with Crippen molar-refractivity contribution < 1.29 is 0 Å². The molecular formula is C12H21ClN2. The van der Waals surface area contributed by atoms with Gasteiger partial charge in [0.2, 0.25) is 0 Å². The van der Waals surface area contributed by atoms with Gasteiger partial charge in [-0.1, -0.05) is 29.3 Å². The van der Waals surface area contributed by atoms with Gasteiger partial charge in [0.25, 0.3) is 0 Å². The van der Waals surface area contributed by atoms with Gasteiger partial charge in [0.05, 0.1) is 0 Å². The van der Waals surface area contributed by atoms with Gasteiger partial charge in [-0.3, -0.25) is 0 Å². The molecule has 1 atom stereocenters. The van der Waals surface area contributed by atoms with Gasteiger partial charge in [-0.15, -0.1) is 12.4 Å². The van der Waals surface area contributed by atoms with E-state index >= 15 is 0 Å². The van der Waals surface area contributed by atoms with E-state index in [1.165, 1.54) is 16.7 Å². The van der Waals surface area contributed by atoms with Gasteiger partial charge in [-0.2, -0.15) is 0 Å². The van der Waals surface area contributed by atoms with E-state index in [1.807, 2.05) is 0 Å². The second-order valence-electron chi connectivity index (χ2n) is 3.96. The van der Waals surface area contributed by atoms with Crippen LogP contribution in [0.15, 0.2) is 18.2 Å². The molecule has 2 nitrogen and oxygen atoms in total. The van der Waals surface area contributed by atoms with Crippen LogP contribution in [-0.2, 0) is 0 Å². The fraction of sp³-hybridized carbons (Fsp3) is 0.500. The number of rotatable bonds is 4. The average Bonchev–Trinajstić information content (AvgIpc) is 2.12. The molecule has 0 amide bonds. The van der Waals surface area contributed by atoms with E-state index in [-0.39, 0.29) is 18.4 Å². The fourth-order valence-electron chi connectivity index (χ4n) is 1.73. The molecule has 1 aromatic carbocycles. The van der Waals surface area contributed by atoms with E-state index in [4.69, 9.17) is 11.5 Å². The molecule has 1 rings (SSSR count). The van der Waals surface area contributed by atoms with Crippen LogP contribution in [0.3, 0.4) is 0 Å². The molecule has 0 saturated heterocycles. The lowest BCUT2D eigenvalue weighted by atomic mass is 9.99. The van der Waals surface area contributed by atoms with Crippen molar-refractivity contribution in [1.82, 2.24) is 0 Å². The minimum atomic E-state index is 0. The van der Waals surface area contributed by atoms with Crippen LogP contribution in [0.25, 0.3) is 0 Å². The Morgan fingerprint density at radius 2 is 1.67 bits per heavy atom. The molecule has 0 spiro atoms. The summed E-state index contributed by atoms with van der Waals surface area (Å²) in [4.78, 5) is 0. The highest BCUT2D eigenvalue weighted by atomic mass is 35.5. The van der Waals surface area contributed by atoms with Gasteiger partial charge in [0.15, 0.2) is 0 Å². The summed E-state index contributed by atoms with van der Waals surface area (Å²) in [5.74, 6) is 0. The average molecular weight is 229 g/mol. The minimum Gasteiger partial charge on any atom is -0.330 e. The standard InChI is InChI=1S/C12H20N2.ClH/c1-9-6-10(2)8-11(7-9)12(14)4-3-5-13;/h6-8,12H,3-5,13-14H2,1-2H3;1H/t12-;/m0./s1. The van der Waals surface area contributed by atoms with Gasteiger partial charge in [-0.25, -0.2) is 0 Å². The lowest BCUT2D eigenvalue weighted by Crippen LogP contribution is -2.12. The van der Waals surface area contributed by atoms with Crippen LogP contribution in [-0.4, -0.2) is 6.54 Å². The Morgan fingerprint density at radius 1 is 1.13 bits per heavy atom. The van der Waals surface area contributed by atoms with Crippen molar-refractivity contribution >= 4 is 12.4 Å². The molecule has 15 heavy (non-hydrogen) atoms. The smallest absolute Gasteiger partial charge is 0.0295 e. The first-order valence-corrected chi connectivity index (χ1v) is 5.17. The summed E-state index contributed by atoms with van der Waals surface area (Å²) in [6, 6.07) is 6.62. The molecule has 86 valence electrons. The van der Waals surface area contributed by atoms with Gasteiger partial charge < -0.3 is 11.5 Å². The fourth-order valence-corrected chi connectivity index (χ4v) is 1.73. The van der Waals surface area contributed by atoms with Gasteiger partial charge in [-0.05, 0) is 38.8 Å². The normalized spacial score (nSPS) is 12.0. The second-order valence-corrected chi connectivity index (χ2v) is 3.96. The quantitative estimate of drug-likeness (QED) is 0.832. The molecule has 0 aliphatic carbocycles. The van der Waals surface area contributed by atoms with Crippen molar-refractivity contribution in [3.8, 4) is 0 Å². The molecule has 0 aromatic heterocycles. The Bertz CT molecular complexity index is 279. The lowest BCUT2D eigenvalue weighted by Gasteiger charge is -2.13. The minimum absolute atomic E-state index is 0. The summed E-state index contributed by atoms with van der Waals surface area (Å²) >= 11 is 0. The predicted octanol–water partition coefficient (Wildman–Crippen LogP) is 2.46. The van der Waals surface area contributed by atoms with E-state index in [0.29, 0.717) is 0 Å². The summed E-state index contributed by atoms with van der Waals surface area (Å²) in [6.07, 6.45) is 1.97. The molecule has 0 fully saturated rings. The van der Waals surface area contributed by atoms with E-state index in [9.17, 15) is 0 Å². The largest absolute Gasteiger partial charge is 0.330 e. The number of halogens is 1. The Morgan fingerprint density at radius 3 is 2.13 bits per heavy atom. The highest BCUT2D eigenvalue weighted by Gasteiger charge is 2.05. The number of aryl methyl sites for hydroxylation is 2. The molecule has 0 bridgehead atoms. The van der Waals surface area contributed by atoms with Crippen molar-refractivity contribution in [2.45, 2.75) is 32.7 Å². The lowest BCUT2D eigenvalue weighted by molar-refractivity contribution is 0.617. The van der Waals surface area contributed by atoms with Crippen molar-refractivity contribution in [3.05, 3.63) is 34.9 Å². The monoisotopic (exact) mass is 228 g/mol. The molecule has 0 unspecified atom stereocenters. The molecular weight excluding hydrogens is 208 g/mol. The molecule has 0 saturated carbocycles. The molecule has 0 radical (unpaired) electrons. The van der Waals surface area contributed by atoms with E-state index in [0.717, 1.165) is 19.4 Å². The van der Waals surface area contributed by atoms with Crippen LogP contribution < -0.4 is 11.5 Å². The topological polar surface area (TPSA) is 52.0 Å². The first-order chi connectivity index (χ1) is 6.63. The van der Waals surface area contributed by atoms with Crippen molar-refractivity contribution in [3.63, 3.8) is 0 Å². The summed E-state index contributed by atoms with van der Waals surface area (Å²) in [5.41, 5.74) is 15.3. The predicted molar refractivity (Wildman–Crippen MR) is 68.4 cm³/mol. The molecule has 0 aliphatic rings. The number of hydrogen-bond donors (Lipinski definition) is 2. The van der Waals surface area contributed by atoms with E-state index in [1.54, 1.807) is 0 Å². The van der Waals surface area contributed by atoms with E-state index < -0.39 is 0 Å². The van der Waals surface area contributed by atoms with Crippen molar-refractivity contribution in [2.75, 3.05) is 6.54 Å². The van der Waals surface area contributed by atoms with Crippen LogP contribution in [0, 0.1) is 13.8 Å². The third-order valence-corrected chi connectivity index (χ3v) is 2.39. The molecule has 3 heteroatoms. The maximum absolute atomic E-state index is 6.06. The van der Waals surface area contributed by atoms with E-state index in [2.05, 4.69) is 32.0 Å². The maximum atomic E-state index is 6.06. The van der Waals surface area contributed by atoms with Gasteiger partial charge in [0.1, 0.15) is 0 Å². The number of nitrogens with two attached hydrogens (primary N) is 2. The Hall–Kier alpha value is -0.570. The Kier molecular flexibility index (Phi) is 6.57. The molecule has 0 aliphatic heterocycles.